The molecule has 1 aromatic carbocycles. The van der Waals surface area contributed by atoms with Crippen LogP contribution >= 0.6 is 0 Å². The molecular formula is C16H24. The number of rotatable bonds is 2. The maximum atomic E-state index is 2.41. The summed E-state index contributed by atoms with van der Waals surface area (Å²) < 4.78 is 0. The third-order valence-electron chi connectivity index (χ3n) is 4.34. The van der Waals surface area contributed by atoms with Gasteiger partial charge in [0.05, 0.1) is 0 Å². The van der Waals surface area contributed by atoms with Gasteiger partial charge in [-0.2, -0.15) is 0 Å². The van der Waals surface area contributed by atoms with Gasteiger partial charge in [0.2, 0.25) is 0 Å². The fourth-order valence-corrected chi connectivity index (χ4v) is 3.01. The highest BCUT2D eigenvalue weighted by Crippen LogP contribution is 2.37. The second-order valence-electron chi connectivity index (χ2n) is 5.72. The van der Waals surface area contributed by atoms with Gasteiger partial charge in [-0.3, -0.25) is 0 Å². The van der Waals surface area contributed by atoms with E-state index in [2.05, 4.69) is 45.0 Å². The highest BCUT2D eigenvalue weighted by Gasteiger charge is 2.23. The Morgan fingerprint density at radius 2 is 1.81 bits per heavy atom. The second kappa shape index (κ2) is 5.03. The number of hydrogen-bond acceptors (Lipinski definition) is 0. The van der Waals surface area contributed by atoms with E-state index in [-0.39, 0.29) is 0 Å². The van der Waals surface area contributed by atoms with Crippen molar-refractivity contribution in [2.45, 2.75) is 52.4 Å². The van der Waals surface area contributed by atoms with Crippen LogP contribution in [-0.2, 0) is 0 Å². The molecule has 0 spiro atoms. The van der Waals surface area contributed by atoms with Gasteiger partial charge in [0.15, 0.2) is 0 Å². The van der Waals surface area contributed by atoms with Crippen LogP contribution in [0, 0.1) is 18.8 Å². The number of aryl methyl sites for hydroxylation is 1. The van der Waals surface area contributed by atoms with Gasteiger partial charge >= 0.3 is 0 Å². The Kier molecular flexibility index (Phi) is 3.68. The molecule has 1 saturated carbocycles. The summed E-state index contributed by atoms with van der Waals surface area (Å²) in [6.45, 7) is 7.00. The van der Waals surface area contributed by atoms with E-state index in [1.165, 1.54) is 31.2 Å². The first-order chi connectivity index (χ1) is 7.66. The van der Waals surface area contributed by atoms with E-state index >= 15 is 0 Å². The van der Waals surface area contributed by atoms with Crippen molar-refractivity contribution in [1.82, 2.24) is 0 Å². The highest BCUT2D eigenvalue weighted by atomic mass is 14.3. The third-order valence-corrected chi connectivity index (χ3v) is 4.34. The SMILES string of the molecule is Cc1cccc(C(C)C2CCC(C)CC2)c1. The van der Waals surface area contributed by atoms with Gasteiger partial charge in [-0.05, 0) is 43.1 Å². The van der Waals surface area contributed by atoms with E-state index in [0.29, 0.717) is 0 Å². The topological polar surface area (TPSA) is 0 Å². The van der Waals surface area contributed by atoms with Gasteiger partial charge in [0.1, 0.15) is 0 Å². The molecule has 2 rings (SSSR count). The van der Waals surface area contributed by atoms with E-state index in [0.717, 1.165) is 17.8 Å². The minimum absolute atomic E-state index is 0.743. The Bertz CT molecular complexity index is 332. The molecule has 88 valence electrons. The lowest BCUT2D eigenvalue weighted by atomic mass is 9.74. The van der Waals surface area contributed by atoms with Gasteiger partial charge in [-0.25, -0.2) is 0 Å². The Morgan fingerprint density at radius 3 is 2.44 bits per heavy atom. The average Bonchev–Trinajstić information content (AvgIpc) is 2.29. The molecule has 16 heavy (non-hydrogen) atoms. The van der Waals surface area contributed by atoms with Crippen molar-refractivity contribution < 1.29 is 0 Å². The number of benzene rings is 1. The van der Waals surface area contributed by atoms with Gasteiger partial charge in [0, 0.05) is 0 Å². The van der Waals surface area contributed by atoms with Gasteiger partial charge < -0.3 is 0 Å². The Balaban J connectivity index is 2.04. The first-order valence-corrected chi connectivity index (χ1v) is 6.73. The summed E-state index contributed by atoms with van der Waals surface area (Å²) in [5.41, 5.74) is 2.94. The first kappa shape index (κ1) is 11.7. The molecule has 0 radical (unpaired) electrons. The standard InChI is InChI=1S/C16H24/c1-12-7-9-15(10-8-12)14(3)16-6-4-5-13(2)11-16/h4-6,11-12,14-15H,7-10H2,1-3H3. The van der Waals surface area contributed by atoms with Crippen LogP contribution in [0.4, 0.5) is 0 Å². The summed E-state index contributed by atoms with van der Waals surface area (Å²) in [6.07, 6.45) is 5.72. The summed E-state index contributed by atoms with van der Waals surface area (Å²) in [7, 11) is 0. The zero-order valence-electron chi connectivity index (χ0n) is 10.9. The predicted octanol–water partition coefficient (Wildman–Crippen LogP) is 4.92. The van der Waals surface area contributed by atoms with Crippen LogP contribution in [0.5, 0.6) is 0 Å². The van der Waals surface area contributed by atoms with Crippen LogP contribution < -0.4 is 0 Å². The van der Waals surface area contributed by atoms with Crippen molar-refractivity contribution in [3.05, 3.63) is 35.4 Å². The average molecular weight is 216 g/mol. The smallest absolute Gasteiger partial charge is 0.0162 e. The molecular weight excluding hydrogens is 192 g/mol. The molecule has 0 amide bonds. The molecule has 1 aliphatic rings. The summed E-state index contributed by atoms with van der Waals surface area (Å²) in [4.78, 5) is 0. The lowest BCUT2D eigenvalue weighted by Gasteiger charge is -2.31. The van der Waals surface area contributed by atoms with E-state index in [4.69, 9.17) is 0 Å². The first-order valence-electron chi connectivity index (χ1n) is 6.73. The maximum Gasteiger partial charge on any atom is -0.0162 e. The molecule has 0 aliphatic heterocycles. The maximum absolute atomic E-state index is 2.41. The zero-order valence-corrected chi connectivity index (χ0v) is 10.9. The lowest BCUT2D eigenvalue weighted by molar-refractivity contribution is 0.261. The van der Waals surface area contributed by atoms with Crippen molar-refractivity contribution >= 4 is 0 Å². The van der Waals surface area contributed by atoms with E-state index < -0.39 is 0 Å². The van der Waals surface area contributed by atoms with E-state index in [9.17, 15) is 0 Å². The molecule has 0 nitrogen and oxygen atoms in total. The van der Waals surface area contributed by atoms with Crippen molar-refractivity contribution in [3.8, 4) is 0 Å². The van der Waals surface area contributed by atoms with E-state index in [1.54, 1.807) is 5.56 Å². The molecule has 0 bridgehead atoms. The van der Waals surface area contributed by atoms with Crippen LogP contribution in [0.3, 0.4) is 0 Å². The fraction of sp³-hybridized carbons (Fsp3) is 0.625. The van der Waals surface area contributed by atoms with Crippen molar-refractivity contribution in [3.63, 3.8) is 0 Å². The normalized spacial score (nSPS) is 27.7. The summed E-state index contributed by atoms with van der Waals surface area (Å²) in [5.74, 6) is 2.62. The zero-order chi connectivity index (χ0) is 11.5. The lowest BCUT2D eigenvalue weighted by Crippen LogP contribution is -2.17. The monoisotopic (exact) mass is 216 g/mol. The van der Waals surface area contributed by atoms with Gasteiger partial charge in [-0.1, -0.05) is 56.5 Å². The van der Waals surface area contributed by atoms with Crippen LogP contribution in [0.1, 0.15) is 56.6 Å². The van der Waals surface area contributed by atoms with Crippen molar-refractivity contribution in [1.29, 1.82) is 0 Å². The van der Waals surface area contributed by atoms with Crippen LogP contribution in [0.2, 0.25) is 0 Å². The van der Waals surface area contributed by atoms with E-state index in [1.807, 2.05) is 0 Å². The largest absolute Gasteiger partial charge is 0.0625 e. The summed E-state index contributed by atoms with van der Waals surface area (Å²) in [5, 5.41) is 0. The summed E-state index contributed by atoms with van der Waals surface area (Å²) >= 11 is 0. The van der Waals surface area contributed by atoms with Crippen LogP contribution in [-0.4, -0.2) is 0 Å². The molecule has 1 aliphatic carbocycles. The second-order valence-corrected chi connectivity index (χ2v) is 5.72. The van der Waals surface area contributed by atoms with Gasteiger partial charge in [0.25, 0.3) is 0 Å². The molecule has 0 aromatic heterocycles. The van der Waals surface area contributed by atoms with Gasteiger partial charge in [-0.15, -0.1) is 0 Å². The molecule has 1 aromatic rings. The Hall–Kier alpha value is -0.780. The predicted molar refractivity (Wildman–Crippen MR) is 70.7 cm³/mol. The fourth-order valence-electron chi connectivity index (χ4n) is 3.01. The molecule has 1 atom stereocenters. The van der Waals surface area contributed by atoms with Crippen LogP contribution in [0.15, 0.2) is 24.3 Å². The van der Waals surface area contributed by atoms with Crippen molar-refractivity contribution in [2.75, 3.05) is 0 Å². The molecule has 1 fully saturated rings. The molecule has 0 N–H and O–H groups in total. The minimum atomic E-state index is 0.743. The van der Waals surface area contributed by atoms with Crippen molar-refractivity contribution in [2.24, 2.45) is 11.8 Å². The summed E-state index contributed by atoms with van der Waals surface area (Å²) in [6, 6.07) is 9.06. The highest BCUT2D eigenvalue weighted by molar-refractivity contribution is 5.25. The van der Waals surface area contributed by atoms with Crippen LogP contribution in [0.25, 0.3) is 0 Å². The Labute approximate surface area is 100 Å². The minimum Gasteiger partial charge on any atom is -0.0625 e. The molecule has 0 saturated heterocycles. The molecule has 1 unspecified atom stereocenters. The number of hydrogen-bond donors (Lipinski definition) is 0. The molecule has 0 heteroatoms. The quantitative estimate of drug-likeness (QED) is 0.658. The molecule has 0 heterocycles. The Morgan fingerprint density at radius 1 is 1.12 bits per heavy atom. The third kappa shape index (κ3) is 2.66.